The lowest BCUT2D eigenvalue weighted by Crippen LogP contribution is -1.81. The molecule has 0 unspecified atom stereocenters. The fourth-order valence-electron chi connectivity index (χ4n) is 2.26. The van der Waals surface area contributed by atoms with E-state index in [2.05, 4.69) is 12.1 Å². The Morgan fingerprint density at radius 3 is 1.29 bits per heavy atom. The lowest BCUT2D eigenvalue weighted by Gasteiger charge is -2.12. The summed E-state index contributed by atoms with van der Waals surface area (Å²) in [5.74, 6) is -3.38. The minimum absolute atomic E-state index is 0.843. The molecule has 5 heteroatoms. The molecule has 0 aromatic heterocycles. The third-order valence-corrected chi connectivity index (χ3v) is 8.18. The molecule has 0 amide bonds. The highest BCUT2D eigenvalue weighted by atomic mass is 33.1. The molecular weight excluding hydrogens is 319 g/mol. The minimum Gasteiger partial charge on any atom is -0.329 e. The Labute approximate surface area is 134 Å². The number of hydrogen-bond donors (Lipinski definition) is 1. The van der Waals surface area contributed by atoms with E-state index in [4.69, 9.17) is 0 Å². The SMILES string of the molecule is Cc1cc(C)cc(SP(=O)(O)Sc2cc(C)cc(C)c2)c1. The summed E-state index contributed by atoms with van der Waals surface area (Å²) in [5.41, 5.74) is 4.42. The predicted molar refractivity (Wildman–Crippen MR) is 93.4 cm³/mol. The molecule has 0 saturated heterocycles. The molecule has 0 saturated carbocycles. The fourth-order valence-corrected chi connectivity index (χ4v) is 8.01. The second kappa shape index (κ2) is 6.62. The zero-order valence-electron chi connectivity index (χ0n) is 12.6. The molecule has 1 N–H and O–H groups in total. The van der Waals surface area contributed by atoms with Gasteiger partial charge in [-0.25, -0.2) is 0 Å². The molecule has 0 spiro atoms. The summed E-state index contributed by atoms with van der Waals surface area (Å²) >= 11 is 2.11. The molecule has 0 atom stereocenters. The summed E-state index contributed by atoms with van der Waals surface area (Å²) < 4.78 is 12.5. The van der Waals surface area contributed by atoms with Gasteiger partial charge in [0.05, 0.1) is 0 Å². The van der Waals surface area contributed by atoms with Crippen molar-refractivity contribution in [3.8, 4) is 0 Å². The molecule has 0 radical (unpaired) electrons. The van der Waals surface area contributed by atoms with Crippen LogP contribution in [0.5, 0.6) is 0 Å². The first-order valence-electron chi connectivity index (χ1n) is 6.62. The Balaban J connectivity index is 2.20. The summed E-state index contributed by atoms with van der Waals surface area (Å²) in [7, 11) is 0. The normalized spacial score (nSPS) is 11.7. The zero-order valence-corrected chi connectivity index (χ0v) is 15.1. The molecule has 0 heterocycles. The molecule has 0 aliphatic heterocycles. The number of hydrogen-bond acceptors (Lipinski definition) is 3. The maximum absolute atomic E-state index is 12.5. The number of aryl methyl sites for hydroxylation is 4. The largest absolute Gasteiger partial charge is 0.329 e. The van der Waals surface area contributed by atoms with Crippen LogP contribution in [-0.2, 0) is 4.57 Å². The van der Waals surface area contributed by atoms with Crippen molar-refractivity contribution in [2.45, 2.75) is 37.5 Å². The van der Waals surface area contributed by atoms with E-state index in [-0.39, 0.29) is 0 Å². The molecule has 0 fully saturated rings. The molecule has 0 bridgehead atoms. The van der Waals surface area contributed by atoms with Crippen LogP contribution in [0, 0.1) is 27.7 Å². The van der Waals surface area contributed by atoms with Gasteiger partial charge in [-0.15, -0.1) is 0 Å². The van der Waals surface area contributed by atoms with Gasteiger partial charge in [-0.3, -0.25) is 4.57 Å². The quantitative estimate of drug-likeness (QED) is 0.704. The van der Waals surface area contributed by atoms with Crippen molar-refractivity contribution in [1.82, 2.24) is 0 Å². The van der Waals surface area contributed by atoms with Gasteiger partial charge in [-0.2, -0.15) is 0 Å². The van der Waals surface area contributed by atoms with Crippen molar-refractivity contribution in [3.63, 3.8) is 0 Å². The molecule has 0 aliphatic carbocycles. The third kappa shape index (κ3) is 5.23. The van der Waals surface area contributed by atoms with Crippen molar-refractivity contribution in [2.75, 3.05) is 0 Å². The minimum atomic E-state index is -3.38. The van der Waals surface area contributed by atoms with Crippen molar-refractivity contribution in [3.05, 3.63) is 58.7 Å². The topological polar surface area (TPSA) is 37.3 Å². The molecule has 2 aromatic rings. The standard InChI is InChI=1S/C16H19O2PS2/c1-11-5-12(2)8-15(7-11)20-19(17,18)21-16-9-13(3)6-14(4)10-16/h5-10H,1-4H3,(H,17,18). The molecule has 0 aliphatic rings. The van der Waals surface area contributed by atoms with Gasteiger partial charge in [-0.1, -0.05) is 12.1 Å². The first-order valence-corrected chi connectivity index (χ1v) is 11.1. The van der Waals surface area contributed by atoms with Crippen molar-refractivity contribution in [2.24, 2.45) is 0 Å². The number of benzene rings is 2. The van der Waals surface area contributed by atoms with E-state index < -0.39 is 5.77 Å². The Bertz CT molecular complexity index is 615. The monoisotopic (exact) mass is 338 g/mol. The van der Waals surface area contributed by atoms with Crippen LogP contribution in [0.2, 0.25) is 0 Å². The highest BCUT2D eigenvalue weighted by molar-refractivity contribution is 8.89. The second-order valence-electron chi connectivity index (χ2n) is 5.30. The average molecular weight is 338 g/mol. The average Bonchev–Trinajstić information content (AvgIpc) is 2.23. The highest BCUT2D eigenvalue weighted by Crippen LogP contribution is 2.70. The maximum Gasteiger partial charge on any atom is 0.319 e. The van der Waals surface area contributed by atoms with E-state index in [9.17, 15) is 9.46 Å². The van der Waals surface area contributed by atoms with Gasteiger partial charge < -0.3 is 4.89 Å². The first-order chi connectivity index (χ1) is 9.73. The number of rotatable bonds is 4. The predicted octanol–water partition coefficient (Wildman–Crippen LogP) is 5.91. The first kappa shape index (κ1) is 16.7. The smallest absolute Gasteiger partial charge is 0.319 e. The second-order valence-corrected chi connectivity index (χ2v) is 12.3. The summed E-state index contributed by atoms with van der Waals surface area (Å²) in [4.78, 5) is 12.0. The van der Waals surface area contributed by atoms with Gasteiger partial charge in [0, 0.05) is 9.79 Å². The Morgan fingerprint density at radius 2 is 1.00 bits per heavy atom. The van der Waals surface area contributed by atoms with E-state index in [1.165, 1.54) is 0 Å². The van der Waals surface area contributed by atoms with Gasteiger partial charge in [0.25, 0.3) is 0 Å². The van der Waals surface area contributed by atoms with Crippen LogP contribution in [0.1, 0.15) is 22.3 Å². The van der Waals surface area contributed by atoms with E-state index >= 15 is 0 Å². The molecule has 21 heavy (non-hydrogen) atoms. The van der Waals surface area contributed by atoms with Crippen molar-refractivity contribution < 1.29 is 9.46 Å². The Kier molecular flexibility index (Phi) is 5.26. The van der Waals surface area contributed by atoms with Crippen LogP contribution in [0.3, 0.4) is 0 Å². The highest BCUT2D eigenvalue weighted by Gasteiger charge is 2.22. The van der Waals surface area contributed by atoms with E-state index in [0.29, 0.717) is 0 Å². The summed E-state index contributed by atoms with van der Waals surface area (Å²) in [6.45, 7) is 7.99. The van der Waals surface area contributed by atoms with Crippen LogP contribution in [0.4, 0.5) is 0 Å². The van der Waals surface area contributed by atoms with Crippen LogP contribution < -0.4 is 0 Å². The van der Waals surface area contributed by atoms with Gasteiger partial charge in [0.15, 0.2) is 0 Å². The summed E-state index contributed by atoms with van der Waals surface area (Å²) in [5, 5.41) is 0. The third-order valence-electron chi connectivity index (χ3n) is 2.83. The van der Waals surface area contributed by atoms with E-state index in [1.807, 2.05) is 52.0 Å². The van der Waals surface area contributed by atoms with E-state index in [1.54, 1.807) is 0 Å². The molecule has 112 valence electrons. The van der Waals surface area contributed by atoms with Gasteiger partial charge in [-0.05, 0) is 97.0 Å². The molecule has 2 rings (SSSR count). The summed E-state index contributed by atoms with van der Waals surface area (Å²) in [6, 6.07) is 11.9. The van der Waals surface area contributed by atoms with Gasteiger partial charge in [0.2, 0.25) is 0 Å². The van der Waals surface area contributed by atoms with Crippen molar-refractivity contribution in [1.29, 1.82) is 0 Å². The van der Waals surface area contributed by atoms with Crippen LogP contribution in [0.15, 0.2) is 46.2 Å². The summed E-state index contributed by atoms with van der Waals surface area (Å²) in [6.07, 6.45) is 0. The molecule has 2 nitrogen and oxygen atoms in total. The van der Waals surface area contributed by atoms with Crippen LogP contribution >= 0.6 is 28.5 Å². The van der Waals surface area contributed by atoms with Crippen LogP contribution in [0.25, 0.3) is 0 Å². The maximum atomic E-state index is 12.5. The lowest BCUT2D eigenvalue weighted by atomic mass is 10.2. The molecule has 2 aromatic carbocycles. The van der Waals surface area contributed by atoms with Crippen LogP contribution in [-0.4, -0.2) is 4.89 Å². The Morgan fingerprint density at radius 1 is 0.714 bits per heavy atom. The fraction of sp³-hybridized carbons (Fsp3) is 0.250. The van der Waals surface area contributed by atoms with Gasteiger partial charge in [0.1, 0.15) is 0 Å². The van der Waals surface area contributed by atoms with Gasteiger partial charge >= 0.3 is 5.77 Å². The van der Waals surface area contributed by atoms with E-state index in [0.717, 1.165) is 54.8 Å². The lowest BCUT2D eigenvalue weighted by molar-refractivity contribution is 0.514. The molecular formula is C16H19O2PS2. The zero-order chi connectivity index (χ0) is 15.6. The van der Waals surface area contributed by atoms with Crippen molar-refractivity contribution >= 4 is 28.5 Å². The Hall–Kier alpha value is -0.670.